The van der Waals surface area contributed by atoms with E-state index < -0.39 is 0 Å². The SMILES string of the molecule is CCN1CCN(c2ccc(CNC(=O)c3cc(C4CC4)nc4c3c(C)nn4-c3ccccn3)cn2)CC1. The van der Waals surface area contributed by atoms with Crippen LogP contribution in [0.5, 0.6) is 0 Å². The van der Waals surface area contributed by atoms with E-state index in [0.29, 0.717) is 29.5 Å². The van der Waals surface area contributed by atoms with Crippen molar-refractivity contribution in [3.8, 4) is 5.82 Å². The summed E-state index contributed by atoms with van der Waals surface area (Å²) in [5.74, 6) is 1.96. The van der Waals surface area contributed by atoms with Crippen LogP contribution in [0.2, 0.25) is 0 Å². The molecule has 0 radical (unpaired) electrons. The number of rotatable bonds is 7. The number of piperazine rings is 1. The summed E-state index contributed by atoms with van der Waals surface area (Å²) in [6.45, 7) is 9.73. The zero-order chi connectivity index (χ0) is 25.4. The van der Waals surface area contributed by atoms with Crippen LogP contribution in [-0.2, 0) is 6.54 Å². The summed E-state index contributed by atoms with van der Waals surface area (Å²) in [7, 11) is 0. The van der Waals surface area contributed by atoms with Crippen molar-refractivity contribution in [3.05, 3.63) is 71.3 Å². The molecule has 37 heavy (non-hydrogen) atoms. The molecular weight excluding hydrogens is 464 g/mol. The molecule has 2 fully saturated rings. The molecule has 0 aromatic carbocycles. The molecule has 1 N–H and O–H groups in total. The van der Waals surface area contributed by atoms with Crippen LogP contribution in [0.3, 0.4) is 0 Å². The standard InChI is InChI=1S/C28H32N8O/c1-3-34-12-14-35(15-13-34)24-10-7-20(17-30-24)18-31-28(37)22-16-23(21-8-9-21)32-27-26(22)19(2)33-36(27)25-6-4-5-11-29-25/h4-7,10-11,16-17,21H,3,8-9,12-15,18H2,1-2H3,(H,31,37). The first kappa shape index (κ1) is 23.5. The second-order valence-corrected chi connectivity index (χ2v) is 9.88. The lowest BCUT2D eigenvalue weighted by Crippen LogP contribution is -2.46. The van der Waals surface area contributed by atoms with Gasteiger partial charge in [0.05, 0.1) is 16.6 Å². The van der Waals surface area contributed by atoms with Gasteiger partial charge in [-0.15, -0.1) is 0 Å². The van der Waals surface area contributed by atoms with Crippen molar-refractivity contribution in [3.63, 3.8) is 0 Å². The Hall–Kier alpha value is -3.85. The number of fused-ring (bicyclic) bond motifs is 1. The van der Waals surface area contributed by atoms with Gasteiger partial charge in [-0.1, -0.05) is 19.1 Å². The number of likely N-dealkylation sites (N-methyl/N-ethyl adjacent to an activating group) is 1. The number of hydrogen-bond acceptors (Lipinski definition) is 7. The van der Waals surface area contributed by atoms with Crippen LogP contribution in [0, 0.1) is 6.92 Å². The fourth-order valence-corrected chi connectivity index (χ4v) is 4.99. The molecule has 0 atom stereocenters. The number of aryl methyl sites for hydroxylation is 1. The van der Waals surface area contributed by atoms with E-state index >= 15 is 0 Å². The van der Waals surface area contributed by atoms with Gasteiger partial charge in [0, 0.05) is 56.7 Å². The van der Waals surface area contributed by atoms with Crippen molar-refractivity contribution in [1.82, 2.24) is 34.9 Å². The van der Waals surface area contributed by atoms with Crippen molar-refractivity contribution in [2.75, 3.05) is 37.6 Å². The average molecular weight is 497 g/mol. The molecule has 4 aromatic rings. The second-order valence-electron chi connectivity index (χ2n) is 9.88. The Morgan fingerprint density at radius 2 is 1.89 bits per heavy atom. The Morgan fingerprint density at radius 3 is 2.57 bits per heavy atom. The Kier molecular flexibility index (Phi) is 6.30. The van der Waals surface area contributed by atoms with E-state index in [4.69, 9.17) is 10.1 Å². The minimum absolute atomic E-state index is 0.127. The quantitative estimate of drug-likeness (QED) is 0.419. The van der Waals surface area contributed by atoms with E-state index in [9.17, 15) is 4.79 Å². The lowest BCUT2D eigenvalue weighted by molar-refractivity contribution is 0.0952. The van der Waals surface area contributed by atoms with Crippen LogP contribution in [0.4, 0.5) is 5.82 Å². The molecule has 1 aliphatic heterocycles. The van der Waals surface area contributed by atoms with Crippen LogP contribution in [0.15, 0.2) is 48.8 Å². The number of pyridine rings is 3. The minimum Gasteiger partial charge on any atom is -0.354 e. The van der Waals surface area contributed by atoms with Gasteiger partial charge in [-0.05, 0) is 56.1 Å². The molecule has 190 valence electrons. The molecule has 1 aliphatic carbocycles. The van der Waals surface area contributed by atoms with Gasteiger partial charge in [-0.3, -0.25) is 4.79 Å². The molecule has 1 amide bonds. The van der Waals surface area contributed by atoms with Gasteiger partial charge in [0.25, 0.3) is 5.91 Å². The number of hydrogen-bond donors (Lipinski definition) is 1. The number of anilines is 1. The zero-order valence-corrected chi connectivity index (χ0v) is 21.4. The smallest absolute Gasteiger partial charge is 0.252 e. The Balaban J connectivity index is 1.22. The number of nitrogens with one attached hydrogen (secondary N) is 1. The van der Waals surface area contributed by atoms with Crippen LogP contribution in [-0.4, -0.2) is 68.3 Å². The first-order valence-electron chi connectivity index (χ1n) is 13.1. The van der Waals surface area contributed by atoms with E-state index in [1.807, 2.05) is 37.4 Å². The average Bonchev–Trinajstić information content (AvgIpc) is 3.75. The molecule has 9 heteroatoms. The molecule has 1 saturated carbocycles. The maximum atomic E-state index is 13.5. The first-order valence-corrected chi connectivity index (χ1v) is 13.1. The Morgan fingerprint density at radius 1 is 1.05 bits per heavy atom. The van der Waals surface area contributed by atoms with Crippen molar-refractivity contribution in [2.45, 2.75) is 39.2 Å². The molecule has 5 heterocycles. The lowest BCUT2D eigenvalue weighted by Gasteiger charge is -2.34. The van der Waals surface area contributed by atoms with E-state index in [-0.39, 0.29) is 5.91 Å². The van der Waals surface area contributed by atoms with Gasteiger partial charge in [0.1, 0.15) is 5.82 Å². The third-order valence-electron chi connectivity index (χ3n) is 7.34. The minimum atomic E-state index is -0.127. The summed E-state index contributed by atoms with van der Waals surface area (Å²) >= 11 is 0. The fourth-order valence-electron chi connectivity index (χ4n) is 4.99. The predicted molar refractivity (Wildman–Crippen MR) is 143 cm³/mol. The highest BCUT2D eigenvalue weighted by Crippen LogP contribution is 2.40. The highest BCUT2D eigenvalue weighted by atomic mass is 16.1. The predicted octanol–water partition coefficient (Wildman–Crippen LogP) is 3.47. The van der Waals surface area contributed by atoms with Crippen LogP contribution < -0.4 is 10.2 Å². The summed E-state index contributed by atoms with van der Waals surface area (Å²) in [5.41, 5.74) is 3.97. The van der Waals surface area contributed by atoms with Crippen LogP contribution in [0.25, 0.3) is 16.9 Å². The maximum absolute atomic E-state index is 13.5. The zero-order valence-electron chi connectivity index (χ0n) is 21.4. The molecular formula is C28H32N8O. The molecule has 1 saturated heterocycles. The van der Waals surface area contributed by atoms with Gasteiger partial charge >= 0.3 is 0 Å². The summed E-state index contributed by atoms with van der Waals surface area (Å²) in [4.78, 5) is 32.3. The van der Waals surface area contributed by atoms with Crippen molar-refractivity contribution < 1.29 is 4.79 Å². The first-order chi connectivity index (χ1) is 18.1. The number of nitrogens with zero attached hydrogens (tertiary/aromatic N) is 7. The van der Waals surface area contributed by atoms with Gasteiger partial charge in [-0.25, -0.2) is 15.0 Å². The molecule has 2 aliphatic rings. The van der Waals surface area contributed by atoms with Crippen molar-refractivity contribution in [1.29, 1.82) is 0 Å². The fraction of sp³-hybridized carbons (Fsp3) is 0.393. The molecule has 0 spiro atoms. The molecule has 9 nitrogen and oxygen atoms in total. The number of carbonyl (C=O) groups is 1. The number of carbonyl (C=O) groups excluding carboxylic acids is 1. The highest BCUT2D eigenvalue weighted by molar-refractivity contribution is 6.06. The van der Waals surface area contributed by atoms with Crippen LogP contribution in [0.1, 0.15) is 53.0 Å². The normalized spacial score (nSPS) is 16.3. The molecule has 6 rings (SSSR count). The largest absolute Gasteiger partial charge is 0.354 e. The Labute approximate surface area is 216 Å². The highest BCUT2D eigenvalue weighted by Gasteiger charge is 2.29. The third kappa shape index (κ3) is 4.79. The van der Waals surface area contributed by atoms with E-state index in [1.165, 1.54) is 0 Å². The number of aromatic nitrogens is 5. The van der Waals surface area contributed by atoms with Crippen LogP contribution >= 0.6 is 0 Å². The summed E-state index contributed by atoms with van der Waals surface area (Å²) in [6.07, 6.45) is 5.80. The number of amides is 1. The van der Waals surface area contributed by atoms with Crippen molar-refractivity contribution >= 4 is 22.8 Å². The van der Waals surface area contributed by atoms with E-state index in [1.54, 1.807) is 10.9 Å². The molecule has 4 aromatic heterocycles. The van der Waals surface area contributed by atoms with E-state index in [2.05, 4.69) is 44.1 Å². The van der Waals surface area contributed by atoms with Gasteiger partial charge in [-0.2, -0.15) is 9.78 Å². The Bertz CT molecular complexity index is 1400. The maximum Gasteiger partial charge on any atom is 0.252 e. The summed E-state index contributed by atoms with van der Waals surface area (Å²) in [5, 5.41) is 8.57. The topological polar surface area (TPSA) is 92.1 Å². The summed E-state index contributed by atoms with van der Waals surface area (Å²) < 4.78 is 1.75. The molecule has 0 unspecified atom stereocenters. The third-order valence-corrected chi connectivity index (χ3v) is 7.34. The van der Waals surface area contributed by atoms with Gasteiger partial charge < -0.3 is 15.1 Å². The van der Waals surface area contributed by atoms with Gasteiger partial charge in [0.2, 0.25) is 0 Å². The summed E-state index contributed by atoms with van der Waals surface area (Å²) in [6, 6.07) is 11.8. The lowest BCUT2D eigenvalue weighted by atomic mass is 10.1. The monoisotopic (exact) mass is 496 g/mol. The molecule has 0 bridgehead atoms. The van der Waals surface area contributed by atoms with Gasteiger partial charge in [0.15, 0.2) is 11.5 Å². The van der Waals surface area contributed by atoms with Crippen molar-refractivity contribution in [2.24, 2.45) is 0 Å². The second kappa shape index (κ2) is 9.89. The van der Waals surface area contributed by atoms with E-state index in [0.717, 1.165) is 73.7 Å².